The molecule has 0 aliphatic heterocycles. The minimum atomic E-state index is -1.73. The first-order valence-corrected chi connectivity index (χ1v) is 7.71. The van der Waals surface area contributed by atoms with Crippen molar-refractivity contribution in [1.29, 1.82) is 0 Å². The van der Waals surface area contributed by atoms with Crippen LogP contribution in [0.4, 0.5) is 0 Å². The molecule has 0 saturated heterocycles. The van der Waals surface area contributed by atoms with Crippen molar-refractivity contribution in [2.24, 2.45) is 5.73 Å². The lowest BCUT2D eigenvalue weighted by Crippen LogP contribution is -2.27. The van der Waals surface area contributed by atoms with Crippen LogP contribution in [0.25, 0.3) is 0 Å². The Morgan fingerprint density at radius 3 is 1.78 bits per heavy atom. The van der Waals surface area contributed by atoms with E-state index in [0.29, 0.717) is 33.0 Å². The third kappa shape index (κ3) is 17.9. The van der Waals surface area contributed by atoms with Crippen molar-refractivity contribution in [3.8, 4) is 0 Å². The molecule has 0 bridgehead atoms. The fourth-order valence-corrected chi connectivity index (χ4v) is 1.96. The Labute approximate surface area is 112 Å². The summed E-state index contributed by atoms with van der Waals surface area (Å²) in [5, 5.41) is 0. The minimum absolute atomic E-state index is 0.238. The fraction of sp³-hybridized carbons (Fsp3) is 0.909. The molecule has 0 aromatic carbocycles. The molecule has 0 fully saturated rings. The largest absolute Gasteiger partial charge is 0.484 e. The van der Waals surface area contributed by atoms with E-state index in [1.54, 1.807) is 0 Å². The number of esters is 1. The second-order valence-corrected chi connectivity index (χ2v) is 4.71. The Hall–Kier alpha value is -0.473. The molecule has 2 N–H and O–H groups in total. The number of hydrogen-bond acceptors (Lipinski definition) is 6. The molecule has 18 heavy (non-hydrogen) atoms. The highest BCUT2D eigenvalue weighted by Crippen LogP contribution is 1.91. The SMILES string of the molecule is CC(=O)OCCCN.CCO[SiH](OCC)OCC. The number of carbonyl (C=O) groups excluding carboxylic acids is 1. The molecule has 7 heteroatoms. The van der Waals surface area contributed by atoms with E-state index in [2.05, 4.69) is 4.74 Å². The average Bonchev–Trinajstić information content (AvgIpc) is 2.31. The summed E-state index contributed by atoms with van der Waals surface area (Å²) in [6, 6.07) is 0. The van der Waals surface area contributed by atoms with Crippen molar-refractivity contribution in [3.05, 3.63) is 0 Å². The van der Waals surface area contributed by atoms with Crippen molar-refractivity contribution in [2.75, 3.05) is 33.0 Å². The number of hydrogen-bond donors (Lipinski definition) is 1. The van der Waals surface area contributed by atoms with E-state index in [1.807, 2.05) is 20.8 Å². The predicted molar refractivity (Wildman–Crippen MR) is 72.3 cm³/mol. The van der Waals surface area contributed by atoms with Gasteiger partial charge >= 0.3 is 15.5 Å². The first-order valence-electron chi connectivity index (χ1n) is 6.30. The third-order valence-electron chi connectivity index (χ3n) is 1.56. The molecular weight excluding hydrogens is 254 g/mol. The Kier molecular flexibility index (Phi) is 18.2. The van der Waals surface area contributed by atoms with Crippen LogP contribution in [0.3, 0.4) is 0 Å². The standard InChI is InChI=1S/C6H16O3Si.C5H11NO2/c1-4-7-10(8-5-2)9-6-3;1-5(7)8-4-2-3-6/h10H,4-6H2,1-3H3;2-4,6H2,1H3. The van der Waals surface area contributed by atoms with Gasteiger partial charge in [0, 0.05) is 26.7 Å². The summed E-state index contributed by atoms with van der Waals surface area (Å²) in [5.41, 5.74) is 5.12. The van der Waals surface area contributed by atoms with Gasteiger partial charge in [-0.2, -0.15) is 0 Å². The maximum Gasteiger partial charge on any atom is 0.484 e. The van der Waals surface area contributed by atoms with E-state index in [9.17, 15) is 4.79 Å². The van der Waals surface area contributed by atoms with E-state index in [4.69, 9.17) is 19.0 Å². The zero-order chi connectivity index (χ0) is 14.2. The van der Waals surface area contributed by atoms with Gasteiger partial charge in [-0.3, -0.25) is 4.79 Å². The Morgan fingerprint density at radius 1 is 1.06 bits per heavy atom. The zero-order valence-electron chi connectivity index (χ0n) is 11.9. The van der Waals surface area contributed by atoms with Gasteiger partial charge in [0.2, 0.25) is 0 Å². The van der Waals surface area contributed by atoms with Crippen LogP contribution in [0.2, 0.25) is 0 Å². The normalized spacial score (nSPS) is 9.89. The molecule has 0 aromatic rings. The van der Waals surface area contributed by atoms with Crippen LogP contribution >= 0.6 is 0 Å². The number of rotatable bonds is 9. The topological polar surface area (TPSA) is 80.0 Å². The lowest BCUT2D eigenvalue weighted by atomic mass is 10.5. The van der Waals surface area contributed by atoms with Crippen LogP contribution in [-0.4, -0.2) is 48.5 Å². The summed E-state index contributed by atoms with van der Waals surface area (Å²) in [5.74, 6) is -0.238. The molecule has 0 aliphatic rings. The van der Waals surface area contributed by atoms with Gasteiger partial charge in [-0.1, -0.05) is 0 Å². The highest BCUT2D eigenvalue weighted by Gasteiger charge is 2.11. The molecule has 0 aromatic heterocycles. The highest BCUT2D eigenvalue weighted by molar-refractivity contribution is 6.36. The number of nitrogens with two attached hydrogens (primary N) is 1. The van der Waals surface area contributed by atoms with Gasteiger partial charge in [-0.05, 0) is 33.7 Å². The summed E-state index contributed by atoms with van der Waals surface area (Å²) in [7, 11) is -1.73. The molecule has 0 unspecified atom stereocenters. The van der Waals surface area contributed by atoms with Crippen LogP contribution < -0.4 is 5.73 Å². The van der Waals surface area contributed by atoms with Crippen molar-refractivity contribution in [3.63, 3.8) is 0 Å². The molecule has 0 atom stereocenters. The molecule has 0 rings (SSSR count). The van der Waals surface area contributed by atoms with Crippen molar-refractivity contribution < 1.29 is 22.8 Å². The lowest BCUT2D eigenvalue weighted by Gasteiger charge is -2.12. The first-order chi connectivity index (χ1) is 8.62. The monoisotopic (exact) mass is 281 g/mol. The van der Waals surface area contributed by atoms with E-state index in [1.165, 1.54) is 6.92 Å². The molecular formula is C11H27NO5Si. The smallest absolute Gasteiger partial charge is 0.466 e. The maximum atomic E-state index is 10.1. The molecule has 6 nitrogen and oxygen atoms in total. The predicted octanol–water partition coefficient (Wildman–Crippen LogP) is 0.711. The van der Waals surface area contributed by atoms with Crippen LogP contribution in [-0.2, 0) is 22.8 Å². The van der Waals surface area contributed by atoms with Gasteiger partial charge in [-0.15, -0.1) is 0 Å². The van der Waals surface area contributed by atoms with E-state index in [-0.39, 0.29) is 5.97 Å². The highest BCUT2D eigenvalue weighted by atomic mass is 28.3. The van der Waals surface area contributed by atoms with Gasteiger partial charge in [-0.25, -0.2) is 0 Å². The van der Waals surface area contributed by atoms with Crippen molar-refractivity contribution in [1.82, 2.24) is 0 Å². The second kappa shape index (κ2) is 16.5. The van der Waals surface area contributed by atoms with Gasteiger partial charge < -0.3 is 23.7 Å². The third-order valence-corrected chi connectivity index (χ3v) is 3.38. The van der Waals surface area contributed by atoms with Crippen LogP contribution in [0, 0.1) is 0 Å². The van der Waals surface area contributed by atoms with Gasteiger partial charge in [0.15, 0.2) is 0 Å². The maximum absolute atomic E-state index is 10.1. The summed E-state index contributed by atoms with van der Waals surface area (Å²) in [6.45, 7) is 10.3. The molecule has 0 saturated carbocycles. The Bertz CT molecular complexity index is 169. The molecule has 0 spiro atoms. The average molecular weight is 281 g/mol. The van der Waals surface area contributed by atoms with E-state index < -0.39 is 9.53 Å². The van der Waals surface area contributed by atoms with Crippen molar-refractivity contribution in [2.45, 2.75) is 34.1 Å². The Balaban J connectivity index is 0. The number of ether oxygens (including phenoxy) is 1. The molecule has 0 amide bonds. The van der Waals surface area contributed by atoms with Crippen LogP contribution in [0.5, 0.6) is 0 Å². The second-order valence-electron chi connectivity index (χ2n) is 3.14. The van der Waals surface area contributed by atoms with Gasteiger partial charge in [0.05, 0.1) is 6.61 Å². The molecule has 0 heterocycles. The lowest BCUT2D eigenvalue weighted by molar-refractivity contribution is -0.140. The van der Waals surface area contributed by atoms with E-state index >= 15 is 0 Å². The van der Waals surface area contributed by atoms with Crippen molar-refractivity contribution >= 4 is 15.5 Å². The first kappa shape index (κ1) is 19.9. The minimum Gasteiger partial charge on any atom is -0.466 e. The molecule has 110 valence electrons. The van der Waals surface area contributed by atoms with E-state index in [0.717, 1.165) is 6.42 Å². The summed E-state index contributed by atoms with van der Waals surface area (Å²) >= 11 is 0. The summed E-state index contributed by atoms with van der Waals surface area (Å²) in [4.78, 5) is 10.1. The zero-order valence-corrected chi connectivity index (χ0v) is 13.1. The molecule has 0 aliphatic carbocycles. The summed E-state index contributed by atoms with van der Waals surface area (Å²) < 4.78 is 20.2. The van der Waals surface area contributed by atoms with Gasteiger partial charge in [0.25, 0.3) is 0 Å². The van der Waals surface area contributed by atoms with Gasteiger partial charge in [0.1, 0.15) is 0 Å². The number of carbonyl (C=O) groups is 1. The van der Waals surface area contributed by atoms with Crippen LogP contribution in [0.1, 0.15) is 34.1 Å². The fourth-order valence-electron chi connectivity index (χ4n) is 0.852. The summed E-state index contributed by atoms with van der Waals surface area (Å²) in [6.07, 6.45) is 0.750. The molecule has 0 radical (unpaired) electrons. The quantitative estimate of drug-likeness (QED) is 0.381. The Morgan fingerprint density at radius 2 is 1.50 bits per heavy atom. The van der Waals surface area contributed by atoms with Crippen LogP contribution in [0.15, 0.2) is 0 Å².